The number of hydrogen-bond acceptors (Lipinski definition) is 6. The molecule has 0 bridgehead atoms. The highest BCUT2D eigenvalue weighted by atomic mass is 32.2. The van der Waals surface area contributed by atoms with Crippen LogP contribution in [-0.2, 0) is 22.9 Å². The summed E-state index contributed by atoms with van der Waals surface area (Å²) in [6.07, 6.45) is 7.63. The second kappa shape index (κ2) is 9.49. The number of ketones is 1. The molecule has 1 saturated heterocycles. The van der Waals surface area contributed by atoms with Gasteiger partial charge in [-0.2, -0.15) is 14.5 Å². The molecule has 1 aromatic carbocycles. The van der Waals surface area contributed by atoms with Gasteiger partial charge in [0.15, 0.2) is 5.78 Å². The molecule has 0 N–H and O–H groups in total. The topological polar surface area (TPSA) is 103 Å². The van der Waals surface area contributed by atoms with E-state index >= 15 is 0 Å². The number of Topliss-reactive ketones (excluding diaryl/α,β-unsaturated/α-hetero) is 1. The number of piperidine rings is 1. The zero-order chi connectivity index (χ0) is 27.4. The molecule has 11 heteroatoms. The van der Waals surface area contributed by atoms with E-state index in [1.807, 2.05) is 13.8 Å². The Kier molecular flexibility index (Phi) is 6.22. The van der Waals surface area contributed by atoms with Crippen molar-refractivity contribution in [3.63, 3.8) is 0 Å². The van der Waals surface area contributed by atoms with E-state index in [0.29, 0.717) is 25.0 Å². The molecule has 1 aliphatic carbocycles. The Morgan fingerprint density at radius 3 is 2.59 bits per heavy atom. The van der Waals surface area contributed by atoms with Crippen molar-refractivity contribution in [3.8, 4) is 5.69 Å². The molecule has 1 fully saturated rings. The van der Waals surface area contributed by atoms with Crippen LogP contribution >= 0.6 is 0 Å². The smallest absolute Gasteiger partial charge is 0.246 e. The molecule has 3 aromatic heterocycles. The number of carbonyl (C=O) groups is 1. The van der Waals surface area contributed by atoms with E-state index in [9.17, 15) is 17.6 Å². The minimum Gasteiger partial charge on any atom is -0.292 e. The van der Waals surface area contributed by atoms with Crippen LogP contribution in [0.25, 0.3) is 5.69 Å². The fourth-order valence-corrected chi connectivity index (χ4v) is 7.39. The van der Waals surface area contributed by atoms with Gasteiger partial charge in [0.1, 0.15) is 16.4 Å². The van der Waals surface area contributed by atoms with Gasteiger partial charge in [-0.25, -0.2) is 17.5 Å². The van der Waals surface area contributed by atoms with Crippen LogP contribution in [0.4, 0.5) is 4.39 Å². The molecule has 4 heterocycles. The van der Waals surface area contributed by atoms with Crippen LogP contribution in [0.5, 0.6) is 0 Å². The zero-order valence-electron chi connectivity index (χ0n) is 21.7. The third kappa shape index (κ3) is 4.29. The second-order valence-electron chi connectivity index (χ2n) is 10.7. The Bertz CT molecular complexity index is 1630. The van der Waals surface area contributed by atoms with E-state index in [1.54, 1.807) is 58.3 Å². The Hall–Kier alpha value is -3.70. The number of aromatic nitrogens is 5. The van der Waals surface area contributed by atoms with Crippen LogP contribution < -0.4 is 0 Å². The van der Waals surface area contributed by atoms with Crippen molar-refractivity contribution in [2.75, 3.05) is 13.1 Å². The number of benzene rings is 1. The van der Waals surface area contributed by atoms with E-state index in [1.165, 1.54) is 22.6 Å². The number of halogens is 1. The average molecular weight is 549 g/mol. The molecule has 0 spiro atoms. The lowest BCUT2D eigenvalue weighted by Gasteiger charge is -2.49. The summed E-state index contributed by atoms with van der Waals surface area (Å²) in [6.45, 7) is 4.20. The van der Waals surface area contributed by atoms with Gasteiger partial charge in [-0.15, -0.1) is 0 Å². The minimum absolute atomic E-state index is 0.0196. The number of sulfonamides is 1. The summed E-state index contributed by atoms with van der Waals surface area (Å²) in [5.74, 6) is -0.612. The van der Waals surface area contributed by atoms with Crippen molar-refractivity contribution in [2.24, 2.45) is 11.3 Å². The fourth-order valence-electron chi connectivity index (χ4n) is 5.93. The van der Waals surface area contributed by atoms with Crippen molar-refractivity contribution in [3.05, 3.63) is 90.0 Å². The zero-order valence-corrected chi connectivity index (χ0v) is 22.6. The van der Waals surface area contributed by atoms with Crippen molar-refractivity contribution in [1.29, 1.82) is 0 Å². The first-order valence-electron chi connectivity index (χ1n) is 13.0. The standard InChI is InChI=1S/C28H29FN6O3S/c1-19(2)34-17-24(16-31-34)39(37,38)33-12-10-21-13-26-20(15-32-35(26)23-8-6-22(29)7-9-23)14-28(21,18-33)27(36)25-5-3-4-11-30-25/h3-9,11,15-17,19,21H,10,12-14,18H2,1-2H3/t21-,28-/m0/s1. The van der Waals surface area contributed by atoms with Crippen molar-refractivity contribution < 1.29 is 17.6 Å². The summed E-state index contributed by atoms with van der Waals surface area (Å²) in [5.41, 5.74) is 1.90. The predicted molar refractivity (Wildman–Crippen MR) is 141 cm³/mol. The summed E-state index contributed by atoms with van der Waals surface area (Å²) in [5, 5.41) is 8.80. The Labute approximate surface area is 226 Å². The van der Waals surface area contributed by atoms with Crippen molar-refractivity contribution in [2.45, 2.75) is 44.0 Å². The van der Waals surface area contributed by atoms with Gasteiger partial charge in [-0.3, -0.25) is 14.5 Å². The first-order valence-corrected chi connectivity index (χ1v) is 14.4. The van der Waals surface area contributed by atoms with E-state index in [4.69, 9.17) is 0 Å². The normalized spacial score (nSPS) is 21.5. The Morgan fingerprint density at radius 2 is 1.90 bits per heavy atom. The molecule has 202 valence electrons. The molecule has 0 radical (unpaired) electrons. The highest BCUT2D eigenvalue weighted by Crippen LogP contribution is 2.48. The number of pyridine rings is 1. The summed E-state index contributed by atoms with van der Waals surface area (Å²) in [4.78, 5) is 18.7. The van der Waals surface area contributed by atoms with Gasteiger partial charge < -0.3 is 0 Å². The van der Waals surface area contributed by atoms with Gasteiger partial charge >= 0.3 is 0 Å². The summed E-state index contributed by atoms with van der Waals surface area (Å²) in [6, 6.07) is 11.4. The number of carbonyl (C=O) groups excluding carboxylic acids is 1. The van der Waals surface area contributed by atoms with Crippen LogP contribution in [0.3, 0.4) is 0 Å². The maximum atomic E-state index is 14.2. The largest absolute Gasteiger partial charge is 0.292 e. The third-order valence-electron chi connectivity index (χ3n) is 8.03. The molecule has 2 aliphatic rings. The highest BCUT2D eigenvalue weighted by Gasteiger charge is 2.54. The minimum atomic E-state index is -3.88. The average Bonchev–Trinajstić information content (AvgIpc) is 3.60. The Morgan fingerprint density at radius 1 is 1.10 bits per heavy atom. The number of hydrogen-bond donors (Lipinski definition) is 0. The van der Waals surface area contributed by atoms with E-state index in [0.717, 1.165) is 16.9 Å². The van der Waals surface area contributed by atoms with E-state index in [-0.39, 0.29) is 41.5 Å². The molecule has 0 unspecified atom stereocenters. The third-order valence-corrected chi connectivity index (χ3v) is 9.83. The second-order valence-corrected chi connectivity index (χ2v) is 12.6. The lowest BCUT2D eigenvalue weighted by Crippen LogP contribution is -2.57. The Balaban J connectivity index is 1.41. The van der Waals surface area contributed by atoms with E-state index < -0.39 is 15.4 Å². The van der Waals surface area contributed by atoms with Crippen LogP contribution in [0.15, 0.2) is 72.1 Å². The fraction of sp³-hybridized carbons (Fsp3) is 0.357. The molecule has 0 amide bonds. The van der Waals surface area contributed by atoms with Gasteiger partial charge in [0.05, 0.1) is 23.5 Å². The molecule has 2 atom stereocenters. The highest BCUT2D eigenvalue weighted by molar-refractivity contribution is 7.89. The van der Waals surface area contributed by atoms with Crippen molar-refractivity contribution >= 4 is 15.8 Å². The SMILES string of the molecule is CC(C)n1cc(S(=O)(=O)N2CC[C@H]3Cc4c(cnn4-c4ccc(F)cc4)C[C@]3(C(=O)c3ccccn3)C2)cn1. The first-order chi connectivity index (χ1) is 18.7. The summed E-state index contributed by atoms with van der Waals surface area (Å²) < 4.78 is 45.9. The predicted octanol–water partition coefficient (Wildman–Crippen LogP) is 3.86. The lowest BCUT2D eigenvalue weighted by atomic mass is 9.60. The summed E-state index contributed by atoms with van der Waals surface area (Å²) in [7, 11) is -3.88. The molecule has 9 nitrogen and oxygen atoms in total. The maximum Gasteiger partial charge on any atom is 0.246 e. The quantitative estimate of drug-likeness (QED) is 0.339. The lowest BCUT2D eigenvalue weighted by molar-refractivity contribution is 0.0394. The van der Waals surface area contributed by atoms with Gasteiger partial charge in [0.25, 0.3) is 0 Å². The maximum absolute atomic E-state index is 14.2. The van der Waals surface area contributed by atoms with Crippen LogP contribution in [-0.4, -0.2) is 56.1 Å². The molecule has 4 aromatic rings. The van der Waals surface area contributed by atoms with Gasteiger partial charge in [-0.1, -0.05) is 6.07 Å². The van der Waals surface area contributed by atoms with Crippen LogP contribution in [0, 0.1) is 17.2 Å². The van der Waals surface area contributed by atoms with E-state index in [2.05, 4.69) is 15.2 Å². The monoisotopic (exact) mass is 548 g/mol. The first kappa shape index (κ1) is 25.6. The van der Waals surface area contributed by atoms with Gasteiger partial charge in [0, 0.05) is 37.2 Å². The molecular formula is C28H29FN6O3S. The number of fused-ring (bicyclic) bond motifs is 2. The number of rotatable bonds is 6. The summed E-state index contributed by atoms with van der Waals surface area (Å²) >= 11 is 0. The molecule has 1 aliphatic heterocycles. The van der Waals surface area contributed by atoms with Crippen LogP contribution in [0.2, 0.25) is 0 Å². The molecule has 39 heavy (non-hydrogen) atoms. The molecule has 6 rings (SSSR count). The van der Waals surface area contributed by atoms with Crippen LogP contribution in [0.1, 0.15) is 48.1 Å². The number of nitrogens with zero attached hydrogens (tertiary/aromatic N) is 6. The van der Waals surface area contributed by atoms with Gasteiger partial charge in [-0.05, 0) is 81.0 Å². The molecular weight excluding hydrogens is 519 g/mol. The molecule has 0 saturated carbocycles. The van der Waals surface area contributed by atoms with Gasteiger partial charge in [0.2, 0.25) is 10.0 Å². The van der Waals surface area contributed by atoms with Crippen molar-refractivity contribution in [1.82, 2.24) is 28.9 Å².